The molecule has 0 spiro atoms. The van der Waals surface area contributed by atoms with Crippen molar-refractivity contribution >= 4 is 11.3 Å². The van der Waals surface area contributed by atoms with Crippen molar-refractivity contribution in [1.82, 2.24) is 15.0 Å². The Morgan fingerprint density at radius 1 is 0.708 bits per heavy atom. The zero-order valence-corrected chi connectivity index (χ0v) is 14.0. The van der Waals surface area contributed by atoms with Crippen LogP contribution in [0.5, 0.6) is 0 Å². The standard InChI is InChI=1S/C20H15N3S/c1-14-8-9-20(24-14)15-12-18(16-6-2-4-10-21-16)23-19(13-15)17-7-3-5-11-22-17/h2-13H,1H3. The molecule has 0 amide bonds. The maximum atomic E-state index is 4.79. The van der Waals surface area contributed by atoms with Crippen molar-refractivity contribution in [2.75, 3.05) is 0 Å². The molecule has 4 rings (SSSR count). The maximum absolute atomic E-state index is 4.79. The minimum Gasteiger partial charge on any atom is -0.255 e. The molecular weight excluding hydrogens is 314 g/mol. The summed E-state index contributed by atoms with van der Waals surface area (Å²) in [6.07, 6.45) is 3.58. The van der Waals surface area contributed by atoms with E-state index in [-0.39, 0.29) is 0 Å². The topological polar surface area (TPSA) is 38.7 Å². The average molecular weight is 329 g/mol. The second-order valence-electron chi connectivity index (χ2n) is 5.47. The minimum atomic E-state index is 0.861. The van der Waals surface area contributed by atoms with Crippen LogP contribution in [0.3, 0.4) is 0 Å². The highest BCUT2D eigenvalue weighted by atomic mass is 32.1. The molecule has 24 heavy (non-hydrogen) atoms. The average Bonchev–Trinajstić information content (AvgIpc) is 3.09. The molecule has 0 radical (unpaired) electrons. The van der Waals surface area contributed by atoms with Gasteiger partial charge in [0.1, 0.15) is 0 Å². The number of thiophene rings is 1. The highest BCUT2D eigenvalue weighted by Gasteiger charge is 2.11. The molecule has 0 aliphatic rings. The normalized spacial score (nSPS) is 10.7. The summed E-state index contributed by atoms with van der Waals surface area (Å²) in [5.74, 6) is 0. The number of rotatable bonds is 3. The Balaban J connectivity index is 1.91. The Morgan fingerprint density at radius 3 is 1.79 bits per heavy atom. The summed E-state index contributed by atoms with van der Waals surface area (Å²) in [5.41, 5.74) is 4.60. The predicted octanol–water partition coefficient (Wildman–Crippen LogP) is 5.24. The van der Waals surface area contributed by atoms with Gasteiger partial charge in [-0.05, 0) is 61.0 Å². The number of pyridine rings is 3. The van der Waals surface area contributed by atoms with Crippen LogP contribution in [0.15, 0.2) is 73.1 Å². The fraction of sp³-hybridized carbons (Fsp3) is 0.0500. The van der Waals surface area contributed by atoms with Crippen molar-refractivity contribution in [2.45, 2.75) is 6.92 Å². The molecule has 0 saturated heterocycles. The Hall–Kier alpha value is -2.85. The predicted molar refractivity (Wildman–Crippen MR) is 98.7 cm³/mol. The van der Waals surface area contributed by atoms with Crippen LogP contribution in [0.2, 0.25) is 0 Å². The van der Waals surface area contributed by atoms with Crippen molar-refractivity contribution in [3.63, 3.8) is 0 Å². The number of hydrogen-bond donors (Lipinski definition) is 0. The number of nitrogens with zero attached hydrogens (tertiary/aromatic N) is 3. The first-order valence-corrected chi connectivity index (χ1v) is 8.53. The van der Waals surface area contributed by atoms with Crippen LogP contribution in [-0.2, 0) is 0 Å². The smallest absolute Gasteiger partial charge is 0.0900 e. The number of aryl methyl sites for hydroxylation is 1. The lowest BCUT2D eigenvalue weighted by atomic mass is 10.1. The van der Waals surface area contributed by atoms with E-state index in [9.17, 15) is 0 Å². The van der Waals surface area contributed by atoms with Gasteiger partial charge in [-0.15, -0.1) is 11.3 Å². The monoisotopic (exact) mass is 329 g/mol. The minimum absolute atomic E-state index is 0.861. The van der Waals surface area contributed by atoms with Crippen LogP contribution in [0.1, 0.15) is 4.88 Å². The molecule has 0 bridgehead atoms. The van der Waals surface area contributed by atoms with Gasteiger partial charge in [0.05, 0.1) is 22.8 Å². The van der Waals surface area contributed by atoms with Crippen LogP contribution in [0, 0.1) is 6.92 Å². The molecule has 0 fully saturated rings. The second kappa shape index (κ2) is 6.34. The fourth-order valence-corrected chi connectivity index (χ4v) is 3.41. The van der Waals surface area contributed by atoms with Gasteiger partial charge in [-0.25, -0.2) is 4.98 Å². The first-order valence-electron chi connectivity index (χ1n) is 7.71. The maximum Gasteiger partial charge on any atom is 0.0900 e. The van der Waals surface area contributed by atoms with Crippen molar-refractivity contribution in [2.24, 2.45) is 0 Å². The van der Waals surface area contributed by atoms with E-state index in [1.807, 2.05) is 36.4 Å². The van der Waals surface area contributed by atoms with Gasteiger partial charge in [0.25, 0.3) is 0 Å². The van der Waals surface area contributed by atoms with E-state index in [1.54, 1.807) is 23.7 Å². The van der Waals surface area contributed by atoms with Gasteiger partial charge in [-0.1, -0.05) is 12.1 Å². The largest absolute Gasteiger partial charge is 0.255 e. The molecule has 4 heterocycles. The quantitative estimate of drug-likeness (QED) is 0.516. The SMILES string of the molecule is Cc1ccc(-c2cc(-c3ccccn3)nc(-c3ccccn3)c2)s1. The van der Waals surface area contributed by atoms with Gasteiger partial charge in [0.15, 0.2) is 0 Å². The molecular formula is C20H15N3S. The van der Waals surface area contributed by atoms with Crippen molar-refractivity contribution in [3.8, 4) is 33.2 Å². The van der Waals surface area contributed by atoms with Crippen LogP contribution in [0.25, 0.3) is 33.2 Å². The van der Waals surface area contributed by atoms with Gasteiger partial charge in [0.2, 0.25) is 0 Å². The number of aromatic nitrogens is 3. The van der Waals surface area contributed by atoms with Gasteiger partial charge < -0.3 is 0 Å². The zero-order valence-electron chi connectivity index (χ0n) is 13.2. The lowest BCUT2D eigenvalue weighted by Crippen LogP contribution is -1.93. The van der Waals surface area contributed by atoms with Crippen molar-refractivity contribution < 1.29 is 0 Å². The fourth-order valence-electron chi connectivity index (χ4n) is 2.55. The summed E-state index contributed by atoms with van der Waals surface area (Å²) in [5, 5.41) is 0. The number of hydrogen-bond acceptors (Lipinski definition) is 4. The third-order valence-corrected chi connectivity index (χ3v) is 4.75. The van der Waals surface area contributed by atoms with E-state index in [0.29, 0.717) is 0 Å². The summed E-state index contributed by atoms with van der Waals surface area (Å²) in [7, 11) is 0. The first-order chi connectivity index (χ1) is 11.8. The lowest BCUT2D eigenvalue weighted by Gasteiger charge is -2.08. The third-order valence-electron chi connectivity index (χ3n) is 3.70. The zero-order chi connectivity index (χ0) is 16.4. The Labute approximate surface area is 144 Å². The molecule has 4 aromatic rings. The van der Waals surface area contributed by atoms with Gasteiger partial charge in [0, 0.05) is 22.1 Å². The van der Waals surface area contributed by atoms with Crippen LogP contribution in [0.4, 0.5) is 0 Å². The van der Waals surface area contributed by atoms with Crippen molar-refractivity contribution in [1.29, 1.82) is 0 Å². The van der Waals surface area contributed by atoms with Crippen LogP contribution in [-0.4, -0.2) is 15.0 Å². The molecule has 4 aromatic heterocycles. The van der Waals surface area contributed by atoms with E-state index in [2.05, 4.69) is 41.2 Å². The molecule has 0 N–H and O–H groups in total. The molecule has 116 valence electrons. The van der Waals surface area contributed by atoms with E-state index in [0.717, 1.165) is 28.3 Å². The third kappa shape index (κ3) is 2.96. The summed E-state index contributed by atoms with van der Waals surface area (Å²) < 4.78 is 0. The van der Waals surface area contributed by atoms with Gasteiger partial charge in [-0.3, -0.25) is 9.97 Å². The van der Waals surface area contributed by atoms with E-state index < -0.39 is 0 Å². The summed E-state index contributed by atoms with van der Waals surface area (Å²) >= 11 is 1.78. The first kappa shape index (κ1) is 14.7. The molecule has 4 heteroatoms. The molecule has 0 aliphatic heterocycles. The second-order valence-corrected chi connectivity index (χ2v) is 6.75. The summed E-state index contributed by atoms with van der Waals surface area (Å²) in [6.45, 7) is 2.12. The van der Waals surface area contributed by atoms with Gasteiger partial charge >= 0.3 is 0 Å². The summed E-state index contributed by atoms with van der Waals surface area (Å²) in [6, 6.07) is 20.2. The molecule has 0 atom stereocenters. The van der Waals surface area contributed by atoms with Gasteiger partial charge in [-0.2, -0.15) is 0 Å². The Kier molecular flexibility index (Phi) is 3.89. The molecule has 0 aromatic carbocycles. The highest BCUT2D eigenvalue weighted by molar-refractivity contribution is 7.15. The molecule has 0 unspecified atom stereocenters. The Bertz CT molecular complexity index is 905. The van der Waals surface area contributed by atoms with E-state index >= 15 is 0 Å². The lowest BCUT2D eigenvalue weighted by molar-refractivity contribution is 1.22. The van der Waals surface area contributed by atoms with E-state index in [1.165, 1.54) is 9.75 Å². The Morgan fingerprint density at radius 2 is 1.33 bits per heavy atom. The highest BCUT2D eigenvalue weighted by Crippen LogP contribution is 2.32. The van der Waals surface area contributed by atoms with E-state index in [4.69, 9.17) is 4.98 Å². The van der Waals surface area contributed by atoms with Crippen LogP contribution < -0.4 is 0 Å². The summed E-state index contributed by atoms with van der Waals surface area (Å²) in [4.78, 5) is 16.2. The molecule has 0 aliphatic carbocycles. The van der Waals surface area contributed by atoms with Crippen molar-refractivity contribution in [3.05, 3.63) is 77.9 Å². The molecule has 0 saturated carbocycles. The van der Waals surface area contributed by atoms with Crippen LogP contribution >= 0.6 is 11.3 Å². The molecule has 3 nitrogen and oxygen atoms in total.